The summed E-state index contributed by atoms with van der Waals surface area (Å²) in [7, 11) is 1.71. The van der Waals surface area contributed by atoms with Gasteiger partial charge in [-0.15, -0.1) is 0 Å². The summed E-state index contributed by atoms with van der Waals surface area (Å²) >= 11 is 0. The molecule has 0 radical (unpaired) electrons. The summed E-state index contributed by atoms with van der Waals surface area (Å²) < 4.78 is 5.27. The van der Waals surface area contributed by atoms with Crippen LogP contribution in [0.2, 0.25) is 0 Å². The van der Waals surface area contributed by atoms with Gasteiger partial charge in [-0.25, -0.2) is 0 Å². The standard InChI is InChI=1S/C25H27NO/c1-27-23-15-11-20(12-16-23)18-26-25-22(17-19-7-3-2-4-8-19)14-13-21-9-5-6-10-24(21)25/h2-12,15-16,22,25-26H,13-14,17-18H2,1H3/t22-,25-/m0/s1. The van der Waals surface area contributed by atoms with Crippen LogP contribution in [-0.4, -0.2) is 7.11 Å². The van der Waals surface area contributed by atoms with Crippen LogP contribution in [0.4, 0.5) is 0 Å². The SMILES string of the molecule is COc1ccc(CN[C@@H]2c3ccccc3CC[C@H]2Cc2ccccc2)cc1. The zero-order chi connectivity index (χ0) is 18.5. The van der Waals surface area contributed by atoms with E-state index in [4.69, 9.17) is 4.74 Å². The molecule has 1 aliphatic rings. The van der Waals surface area contributed by atoms with Crippen molar-refractivity contribution in [2.75, 3.05) is 7.11 Å². The Labute approximate surface area is 162 Å². The molecule has 2 nitrogen and oxygen atoms in total. The molecular weight excluding hydrogens is 330 g/mol. The molecule has 0 spiro atoms. The van der Waals surface area contributed by atoms with E-state index in [0.717, 1.165) is 18.7 Å². The average molecular weight is 357 g/mol. The molecule has 0 saturated carbocycles. The minimum Gasteiger partial charge on any atom is -0.497 e. The number of ether oxygens (including phenoxy) is 1. The van der Waals surface area contributed by atoms with Crippen LogP contribution in [0.15, 0.2) is 78.9 Å². The van der Waals surface area contributed by atoms with E-state index in [1.807, 2.05) is 12.1 Å². The molecule has 0 fully saturated rings. The van der Waals surface area contributed by atoms with E-state index in [1.54, 1.807) is 7.11 Å². The molecule has 0 aromatic heterocycles. The summed E-state index contributed by atoms with van der Waals surface area (Å²) in [5.74, 6) is 1.52. The molecule has 0 heterocycles. The van der Waals surface area contributed by atoms with Gasteiger partial charge in [0.2, 0.25) is 0 Å². The highest BCUT2D eigenvalue weighted by atomic mass is 16.5. The molecule has 138 valence electrons. The largest absolute Gasteiger partial charge is 0.497 e. The predicted molar refractivity (Wildman–Crippen MR) is 111 cm³/mol. The second-order valence-electron chi connectivity index (χ2n) is 7.39. The lowest BCUT2D eigenvalue weighted by atomic mass is 9.77. The van der Waals surface area contributed by atoms with Crippen molar-refractivity contribution in [3.05, 3.63) is 101 Å². The summed E-state index contributed by atoms with van der Waals surface area (Å²) in [6.45, 7) is 0.869. The van der Waals surface area contributed by atoms with Gasteiger partial charge in [-0.1, -0.05) is 66.7 Å². The Balaban J connectivity index is 1.54. The first-order valence-corrected chi connectivity index (χ1v) is 9.81. The number of hydrogen-bond acceptors (Lipinski definition) is 2. The molecule has 4 rings (SSSR count). The van der Waals surface area contributed by atoms with Crippen LogP contribution in [-0.2, 0) is 19.4 Å². The number of methoxy groups -OCH3 is 1. The predicted octanol–water partition coefficient (Wildman–Crippen LogP) is 5.33. The van der Waals surface area contributed by atoms with Crippen molar-refractivity contribution in [3.8, 4) is 5.75 Å². The van der Waals surface area contributed by atoms with Gasteiger partial charge in [-0.3, -0.25) is 0 Å². The molecule has 0 unspecified atom stereocenters. The lowest BCUT2D eigenvalue weighted by molar-refractivity contribution is 0.316. The summed E-state index contributed by atoms with van der Waals surface area (Å²) in [5, 5.41) is 3.86. The van der Waals surface area contributed by atoms with Crippen molar-refractivity contribution in [1.29, 1.82) is 0 Å². The molecule has 0 bridgehead atoms. The van der Waals surface area contributed by atoms with Crippen LogP contribution < -0.4 is 10.1 Å². The topological polar surface area (TPSA) is 21.3 Å². The van der Waals surface area contributed by atoms with Gasteiger partial charge in [-0.2, -0.15) is 0 Å². The first-order chi connectivity index (χ1) is 13.3. The van der Waals surface area contributed by atoms with Crippen LogP contribution in [0.25, 0.3) is 0 Å². The number of hydrogen-bond donors (Lipinski definition) is 1. The van der Waals surface area contributed by atoms with Crippen LogP contribution in [0.1, 0.15) is 34.7 Å². The molecule has 1 N–H and O–H groups in total. The third kappa shape index (κ3) is 4.23. The van der Waals surface area contributed by atoms with Crippen molar-refractivity contribution in [1.82, 2.24) is 5.32 Å². The third-order valence-electron chi connectivity index (χ3n) is 5.67. The van der Waals surface area contributed by atoms with Gasteiger partial charge in [0.25, 0.3) is 0 Å². The molecule has 2 atom stereocenters. The van der Waals surface area contributed by atoms with Crippen molar-refractivity contribution < 1.29 is 4.74 Å². The van der Waals surface area contributed by atoms with Gasteiger partial charge in [-0.05, 0) is 59.6 Å². The van der Waals surface area contributed by atoms with Gasteiger partial charge in [0.1, 0.15) is 5.75 Å². The van der Waals surface area contributed by atoms with Crippen molar-refractivity contribution in [3.63, 3.8) is 0 Å². The van der Waals surface area contributed by atoms with Crippen LogP contribution >= 0.6 is 0 Å². The monoisotopic (exact) mass is 357 g/mol. The summed E-state index contributed by atoms with van der Waals surface area (Å²) in [6.07, 6.45) is 3.52. The fourth-order valence-electron chi connectivity index (χ4n) is 4.21. The van der Waals surface area contributed by atoms with E-state index in [-0.39, 0.29) is 0 Å². The fourth-order valence-corrected chi connectivity index (χ4v) is 4.21. The van der Waals surface area contributed by atoms with E-state index < -0.39 is 0 Å². The summed E-state index contributed by atoms with van der Waals surface area (Å²) in [6, 6.07) is 28.6. The highest BCUT2D eigenvalue weighted by Crippen LogP contribution is 2.36. The maximum absolute atomic E-state index is 5.27. The fraction of sp³-hybridized carbons (Fsp3) is 0.280. The van der Waals surface area contributed by atoms with Crippen molar-refractivity contribution in [2.24, 2.45) is 5.92 Å². The average Bonchev–Trinajstić information content (AvgIpc) is 2.74. The molecule has 0 saturated heterocycles. The van der Waals surface area contributed by atoms with Crippen LogP contribution in [0.5, 0.6) is 5.75 Å². The summed E-state index contributed by atoms with van der Waals surface area (Å²) in [5.41, 5.74) is 5.68. The maximum atomic E-state index is 5.27. The van der Waals surface area contributed by atoms with Gasteiger partial charge >= 0.3 is 0 Å². The molecule has 3 aromatic rings. The number of aryl methyl sites for hydroxylation is 1. The van der Waals surface area contributed by atoms with Crippen LogP contribution in [0.3, 0.4) is 0 Å². The Morgan fingerprint density at radius 1 is 0.852 bits per heavy atom. The number of nitrogens with one attached hydrogen (secondary N) is 1. The van der Waals surface area contributed by atoms with Crippen molar-refractivity contribution in [2.45, 2.75) is 31.8 Å². The molecule has 0 aliphatic heterocycles. The Hall–Kier alpha value is -2.58. The second kappa shape index (κ2) is 8.41. The lowest BCUT2D eigenvalue weighted by Gasteiger charge is -2.35. The summed E-state index contributed by atoms with van der Waals surface area (Å²) in [4.78, 5) is 0. The highest BCUT2D eigenvalue weighted by Gasteiger charge is 2.29. The lowest BCUT2D eigenvalue weighted by Crippen LogP contribution is -2.33. The zero-order valence-electron chi connectivity index (χ0n) is 15.9. The molecule has 1 aliphatic carbocycles. The smallest absolute Gasteiger partial charge is 0.118 e. The first-order valence-electron chi connectivity index (χ1n) is 9.81. The normalized spacial score (nSPS) is 18.7. The molecule has 2 heteroatoms. The third-order valence-corrected chi connectivity index (χ3v) is 5.67. The number of benzene rings is 3. The van der Waals surface area contributed by atoms with Gasteiger partial charge in [0.05, 0.1) is 7.11 Å². The maximum Gasteiger partial charge on any atom is 0.118 e. The minimum atomic E-state index is 0.386. The quantitative estimate of drug-likeness (QED) is 0.644. The minimum absolute atomic E-state index is 0.386. The van der Waals surface area contributed by atoms with Crippen LogP contribution in [0, 0.1) is 5.92 Å². The van der Waals surface area contributed by atoms with E-state index in [9.17, 15) is 0 Å². The van der Waals surface area contributed by atoms with Crippen molar-refractivity contribution >= 4 is 0 Å². The number of rotatable bonds is 6. The Bertz CT molecular complexity index is 857. The molecular formula is C25H27NO. The Morgan fingerprint density at radius 3 is 2.37 bits per heavy atom. The van der Waals surface area contributed by atoms with Gasteiger partial charge in [0.15, 0.2) is 0 Å². The van der Waals surface area contributed by atoms with E-state index in [2.05, 4.69) is 72.0 Å². The first kappa shape index (κ1) is 17.8. The second-order valence-corrected chi connectivity index (χ2v) is 7.39. The number of fused-ring (bicyclic) bond motifs is 1. The Morgan fingerprint density at radius 2 is 1.59 bits per heavy atom. The highest BCUT2D eigenvalue weighted by molar-refractivity contribution is 5.34. The van der Waals surface area contributed by atoms with Gasteiger partial charge in [0, 0.05) is 12.6 Å². The zero-order valence-corrected chi connectivity index (χ0v) is 15.9. The van der Waals surface area contributed by atoms with E-state index in [0.29, 0.717) is 12.0 Å². The van der Waals surface area contributed by atoms with Gasteiger partial charge < -0.3 is 10.1 Å². The molecule has 3 aromatic carbocycles. The molecule has 27 heavy (non-hydrogen) atoms. The molecule has 0 amide bonds. The van der Waals surface area contributed by atoms with E-state index in [1.165, 1.54) is 35.1 Å². The van der Waals surface area contributed by atoms with E-state index >= 15 is 0 Å². The Kier molecular flexibility index (Phi) is 5.55.